The minimum absolute atomic E-state index is 0.223. The second kappa shape index (κ2) is 5.09. The first-order valence-corrected chi connectivity index (χ1v) is 4.13. The van der Waals surface area contributed by atoms with Crippen LogP contribution in [-0.4, -0.2) is 12.1 Å². The molecule has 2 atom stereocenters. The Morgan fingerprint density at radius 2 is 2.00 bits per heavy atom. The van der Waals surface area contributed by atoms with Gasteiger partial charge in [0.2, 0.25) is 0 Å². The summed E-state index contributed by atoms with van der Waals surface area (Å²) in [6.45, 7) is 0. The van der Waals surface area contributed by atoms with E-state index in [1.165, 1.54) is 0 Å². The third-order valence-corrected chi connectivity index (χ3v) is 1.98. The molecule has 0 spiro atoms. The van der Waals surface area contributed by atoms with Crippen molar-refractivity contribution in [3.8, 4) is 0 Å². The Morgan fingerprint density at radius 1 is 1.23 bits per heavy atom. The lowest BCUT2D eigenvalue weighted by atomic mass is 10.1. The van der Waals surface area contributed by atoms with Crippen molar-refractivity contribution in [2.24, 2.45) is 10.2 Å². The molecule has 1 rings (SSSR count). The van der Waals surface area contributed by atoms with Crippen LogP contribution in [0, 0.1) is 0 Å². The fourth-order valence-corrected chi connectivity index (χ4v) is 1.35. The highest BCUT2D eigenvalue weighted by atomic mass is 15.2. The van der Waals surface area contributed by atoms with Gasteiger partial charge in [-0.05, 0) is 30.3 Å². The van der Waals surface area contributed by atoms with Gasteiger partial charge in [-0.2, -0.15) is 0 Å². The number of hydrogen-bond acceptors (Lipinski definition) is 2. The molecule has 13 heavy (non-hydrogen) atoms. The maximum atomic E-state index is 8.30. The Hall–Kier alpha value is -1.64. The van der Waals surface area contributed by atoms with Crippen molar-refractivity contribution in [3.63, 3.8) is 0 Å². The first-order chi connectivity index (χ1) is 6.38. The zero-order valence-corrected chi connectivity index (χ0v) is 7.11. The predicted octanol–water partition coefficient (Wildman–Crippen LogP) is 3.08. The van der Waals surface area contributed by atoms with Crippen molar-refractivity contribution in [1.82, 2.24) is 0 Å². The standard InChI is InChI=1S/C7H10N6/c8-12-10-6-4-2-1-3-5-7(6)11-13-9/h2,4,6-7H,1,3,5H2/t6-,7+/m0/s1. The van der Waals surface area contributed by atoms with E-state index in [1.807, 2.05) is 12.2 Å². The average molecular weight is 178 g/mol. The normalized spacial score (nSPS) is 26.8. The van der Waals surface area contributed by atoms with Gasteiger partial charge in [-0.25, -0.2) is 0 Å². The fraction of sp³-hybridized carbons (Fsp3) is 0.714. The van der Waals surface area contributed by atoms with Crippen LogP contribution in [0.4, 0.5) is 0 Å². The molecule has 0 bridgehead atoms. The molecule has 68 valence electrons. The molecule has 1 aliphatic rings. The maximum absolute atomic E-state index is 8.30. The predicted molar refractivity (Wildman–Crippen MR) is 48.9 cm³/mol. The molecule has 0 unspecified atom stereocenters. The first kappa shape index (κ1) is 9.45. The zero-order chi connectivity index (χ0) is 9.52. The highest BCUT2D eigenvalue weighted by Crippen LogP contribution is 2.18. The molecule has 6 nitrogen and oxygen atoms in total. The Labute approximate surface area is 75.5 Å². The van der Waals surface area contributed by atoms with E-state index in [4.69, 9.17) is 11.1 Å². The molecule has 0 aromatic carbocycles. The highest BCUT2D eigenvalue weighted by molar-refractivity contribution is 5.02. The average Bonchev–Trinajstić information content (AvgIpc) is 2.33. The van der Waals surface area contributed by atoms with Gasteiger partial charge in [0.25, 0.3) is 0 Å². The van der Waals surface area contributed by atoms with Gasteiger partial charge in [0.05, 0.1) is 6.04 Å². The van der Waals surface area contributed by atoms with E-state index < -0.39 is 0 Å². The van der Waals surface area contributed by atoms with Crippen LogP contribution in [-0.2, 0) is 0 Å². The van der Waals surface area contributed by atoms with Gasteiger partial charge in [0.15, 0.2) is 0 Å². The van der Waals surface area contributed by atoms with Gasteiger partial charge in [-0.15, -0.1) is 0 Å². The largest absolute Gasteiger partial charge is 0.0899 e. The van der Waals surface area contributed by atoms with E-state index in [1.54, 1.807) is 0 Å². The molecule has 1 aliphatic carbocycles. The SMILES string of the molecule is [N-]=[N+]=N[C@H]1C=CCCC[C@H]1N=[N+]=[N-]. The van der Waals surface area contributed by atoms with Crippen molar-refractivity contribution < 1.29 is 0 Å². The van der Waals surface area contributed by atoms with Gasteiger partial charge in [0.1, 0.15) is 0 Å². The van der Waals surface area contributed by atoms with Crippen LogP contribution in [0.15, 0.2) is 22.4 Å². The van der Waals surface area contributed by atoms with Crippen LogP contribution in [0.1, 0.15) is 19.3 Å². The highest BCUT2D eigenvalue weighted by Gasteiger charge is 2.17. The van der Waals surface area contributed by atoms with Crippen LogP contribution >= 0.6 is 0 Å². The lowest BCUT2D eigenvalue weighted by molar-refractivity contribution is 0.548. The van der Waals surface area contributed by atoms with Gasteiger partial charge in [-0.1, -0.05) is 22.4 Å². The van der Waals surface area contributed by atoms with Crippen LogP contribution in [0.3, 0.4) is 0 Å². The summed E-state index contributed by atoms with van der Waals surface area (Å²) in [5.74, 6) is 0. The maximum Gasteiger partial charge on any atom is 0.0639 e. The van der Waals surface area contributed by atoms with Crippen molar-refractivity contribution in [1.29, 1.82) is 0 Å². The molecule has 0 fully saturated rings. The van der Waals surface area contributed by atoms with Crippen LogP contribution in [0.5, 0.6) is 0 Å². The molecular weight excluding hydrogens is 168 g/mol. The summed E-state index contributed by atoms with van der Waals surface area (Å²) in [7, 11) is 0. The molecular formula is C7H10N6. The van der Waals surface area contributed by atoms with Gasteiger partial charge < -0.3 is 0 Å². The van der Waals surface area contributed by atoms with Crippen molar-refractivity contribution in [3.05, 3.63) is 33.0 Å². The van der Waals surface area contributed by atoms with E-state index in [0.29, 0.717) is 0 Å². The zero-order valence-electron chi connectivity index (χ0n) is 7.11. The molecule has 0 aromatic heterocycles. The Bertz CT molecular complexity index is 283. The Kier molecular flexibility index (Phi) is 3.70. The quantitative estimate of drug-likeness (QED) is 0.268. The number of azide groups is 2. The molecule has 0 amide bonds. The number of allylic oxidation sites excluding steroid dienone is 1. The van der Waals surface area contributed by atoms with E-state index >= 15 is 0 Å². The summed E-state index contributed by atoms with van der Waals surface area (Å²) in [5, 5.41) is 7.18. The van der Waals surface area contributed by atoms with Crippen molar-refractivity contribution in [2.45, 2.75) is 31.3 Å². The molecule has 0 N–H and O–H groups in total. The Morgan fingerprint density at radius 3 is 2.69 bits per heavy atom. The molecule has 6 heteroatoms. The van der Waals surface area contributed by atoms with Crippen LogP contribution in [0.2, 0.25) is 0 Å². The molecule has 0 radical (unpaired) electrons. The second-order valence-electron chi connectivity index (χ2n) is 2.83. The first-order valence-electron chi connectivity index (χ1n) is 4.13. The molecule has 0 aromatic rings. The van der Waals surface area contributed by atoms with Crippen LogP contribution in [0.25, 0.3) is 20.9 Å². The summed E-state index contributed by atoms with van der Waals surface area (Å²) in [5.41, 5.74) is 16.6. The topological polar surface area (TPSA) is 97.5 Å². The van der Waals surface area contributed by atoms with Gasteiger partial charge in [-0.3, -0.25) is 0 Å². The number of hydrogen-bond donors (Lipinski definition) is 0. The second-order valence-corrected chi connectivity index (χ2v) is 2.83. The number of nitrogens with zero attached hydrogens (tertiary/aromatic N) is 6. The van der Waals surface area contributed by atoms with E-state index in [0.717, 1.165) is 19.3 Å². The summed E-state index contributed by atoms with van der Waals surface area (Å²) >= 11 is 0. The molecule has 0 aliphatic heterocycles. The summed E-state index contributed by atoms with van der Waals surface area (Å²) < 4.78 is 0. The van der Waals surface area contributed by atoms with Gasteiger partial charge in [0, 0.05) is 15.9 Å². The van der Waals surface area contributed by atoms with Crippen molar-refractivity contribution >= 4 is 0 Å². The fourth-order valence-electron chi connectivity index (χ4n) is 1.35. The van der Waals surface area contributed by atoms with E-state index in [9.17, 15) is 0 Å². The minimum atomic E-state index is -0.316. The third-order valence-electron chi connectivity index (χ3n) is 1.98. The van der Waals surface area contributed by atoms with Crippen LogP contribution < -0.4 is 0 Å². The lowest BCUT2D eigenvalue weighted by Crippen LogP contribution is -2.18. The summed E-state index contributed by atoms with van der Waals surface area (Å²) in [6, 6.07) is -0.539. The number of rotatable bonds is 2. The van der Waals surface area contributed by atoms with Crippen molar-refractivity contribution in [2.75, 3.05) is 0 Å². The van der Waals surface area contributed by atoms with Gasteiger partial charge >= 0.3 is 0 Å². The van der Waals surface area contributed by atoms with E-state index in [-0.39, 0.29) is 12.1 Å². The summed E-state index contributed by atoms with van der Waals surface area (Å²) in [4.78, 5) is 5.47. The summed E-state index contributed by atoms with van der Waals surface area (Å²) in [6.07, 6.45) is 6.48. The smallest absolute Gasteiger partial charge is 0.0639 e. The minimum Gasteiger partial charge on any atom is -0.0899 e. The van der Waals surface area contributed by atoms with E-state index in [2.05, 4.69) is 20.1 Å². The Balaban J connectivity index is 2.81. The monoisotopic (exact) mass is 178 g/mol. The lowest BCUT2D eigenvalue weighted by Gasteiger charge is -2.11. The molecule has 0 saturated carbocycles. The molecule has 0 heterocycles. The third kappa shape index (κ3) is 2.71. The molecule has 0 saturated heterocycles.